The minimum absolute atomic E-state index is 0.158. The second-order valence-electron chi connectivity index (χ2n) is 5.65. The lowest BCUT2D eigenvalue weighted by molar-refractivity contribution is 0.172. The highest BCUT2D eigenvalue weighted by Crippen LogP contribution is 2.28. The lowest BCUT2D eigenvalue weighted by Crippen LogP contribution is -2.21. The molecular weight excluding hydrogens is 304 g/mol. The van der Waals surface area contributed by atoms with Crippen molar-refractivity contribution in [1.82, 2.24) is 9.88 Å². The smallest absolute Gasteiger partial charge is 0.252 e. The molecule has 2 aromatic rings. The number of aromatic nitrogens is 1. The van der Waals surface area contributed by atoms with Crippen LogP contribution in [0.25, 0.3) is 11.3 Å². The molecule has 1 aliphatic heterocycles. The highest BCUT2D eigenvalue weighted by molar-refractivity contribution is 6.32. The summed E-state index contributed by atoms with van der Waals surface area (Å²) in [5.41, 5.74) is 1.22. The molecule has 0 amide bonds. The van der Waals surface area contributed by atoms with Gasteiger partial charge in [-0.3, -0.25) is 9.69 Å². The average Bonchev–Trinajstić information content (AvgIpc) is 3.09. The molecule has 3 rings (SSSR count). The zero-order valence-corrected chi connectivity index (χ0v) is 13.2. The Hall–Kier alpha value is -1.56. The van der Waals surface area contributed by atoms with E-state index in [-0.39, 0.29) is 11.7 Å². The number of β-amino-alcohol motifs (C(OH)–C–C–N with tert-alkyl or cyclic N) is 1. The first-order valence-electron chi connectivity index (χ1n) is 7.48. The summed E-state index contributed by atoms with van der Waals surface area (Å²) in [6, 6.07) is 5.55. The van der Waals surface area contributed by atoms with Gasteiger partial charge in [-0.15, -0.1) is 0 Å². The Balaban J connectivity index is 1.83. The Morgan fingerprint density at radius 2 is 2.32 bits per heavy atom. The standard InChI is InChI=1S/C16H19ClN2O3/c1-2-10-7-13(15(17)18-16(10)21)14-4-3-12(22-14)9-19-6-5-11(20)8-19/h3-4,7,11,20H,2,5-6,8-9H2,1H3,(H,18,21). The zero-order chi connectivity index (χ0) is 15.7. The van der Waals surface area contributed by atoms with Crippen LogP contribution in [0, 0.1) is 0 Å². The van der Waals surface area contributed by atoms with Gasteiger partial charge in [-0.05, 0) is 31.0 Å². The normalized spacial score (nSPS) is 19.0. The summed E-state index contributed by atoms with van der Waals surface area (Å²) in [5, 5.41) is 9.85. The van der Waals surface area contributed by atoms with Crippen LogP contribution in [0.3, 0.4) is 0 Å². The Morgan fingerprint density at radius 3 is 3.00 bits per heavy atom. The topological polar surface area (TPSA) is 69.5 Å². The van der Waals surface area contributed by atoms with E-state index < -0.39 is 0 Å². The van der Waals surface area contributed by atoms with Crippen molar-refractivity contribution in [3.63, 3.8) is 0 Å². The van der Waals surface area contributed by atoms with Crippen molar-refractivity contribution in [3.05, 3.63) is 45.0 Å². The summed E-state index contributed by atoms with van der Waals surface area (Å²) in [5.74, 6) is 1.47. The molecule has 0 aliphatic carbocycles. The zero-order valence-electron chi connectivity index (χ0n) is 12.4. The predicted molar refractivity (Wildman–Crippen MR) is 85.1 cm³/mol. The number of pyridine rings is 1. The summed E-state index contributed by atoms with van der Waals surface area (Å²) in [4.78, 5) is 16.5. The van der Waals surface area contributed by atoms with Gasteiger partial charge >= 0.3 is 0 Å². The second kappa shape index (κ2) is 6.28. The number of aromatic amines is 1. The third-order valence-corrected chi connectivity index (χ3v) is 4.30. The van der Waals surface area contributed by atoms with Crippen molar-refractivity contribution >= 4 is 11.6 Å². The first kappa shape index (κ1) is 15.3. The Kier molecular flexibility index (Phi) is 4.38. The first-order chi connectivity index (χ1) is 10.6. The van der Waals surface area contributed by atoms with Gasteiger partial charge in [0.25, 0.3) is 5.56 Å². The number of likely N-dealkylation sites (tertiary alicyclic amines) is 1. The molecule has 0 bridgehead atoms. The van der Waals surface area contributed by atoms with E-state index in [1.54, 1.807) is 6.07 Å². The van der Waals surface area contributed by atoms with E-state index in [0.717, 1.165) is 18.7 Å². The van der Waals surface area contributed by atoms with E-state index in [9.17, 15) is 9.90 Å². The molecule has 22 heavy (non-hydrogen) atoms. The van der Waals surface area contributed by atoms with E-state index in [1.807, 2.05) is 19.1 Å². The number of nitrogens with one attached hydrogen (secondary N) is 1. The fraction of sp³-hybridized carbons (Fsp3) is 0.438. The maximum atomic E-state index is 11.7. The second-order valence-corrected chi connectivity index (χ2v) is 6.03. The summed E-state index contributed by atoms with van der Waals surface area (Å²) < 4.78 is 5.86. The molecule has 0 radical (unpaired) electrons. The highest BCUT2D eigenvalue weighted by Gasteiger charge is 2.21. The van der Waals surface area contributed by atoms with Crippen LogP contribution < -0.4 is 5.56 Å². The molecule has 6 heteroatoms. The SMILES string of the molecule is CCc1cc(-c2ccc(CN3CCC(O)C3)o2)c(Cl)[nH]c1=O. The van der Waals surface area contributed by atoms with Crippen LogP contribution in [0.4, 0.5) is 0 Å². The molecule has 1 atom stereocenters. The van der Waals surface area contributed by atoms with E-state index in [4.69, 9.17) is 16.0 Å². The number of hydrogen-bond donors (Lipinski definition) is 2. The van der Waals surface area contributed by atoms with Crippen molar-refractivity contribution in [2.75, 3.05) is 13.1 Å². The van der Waals surface area contributed by atoms with E-state index >= 15 is 0 Å². The summed E-state index contributed by atoms with van der Waals surface area (Å²) >= 11 is 6.13. The minimum Gasteiger partial charge on any atom is -0.460 e. The van der Waals surface area contributed by atoms with Crippen molar-refractivity contribution in [3.8, 4) is 11.3 Å². The van der Waals surface area contributed by atoms with E-state index in [1.165, 1.54) is 0 Å². The molecule has 1 fully saturated rings. The number of aliphatic hydroxyl groups excluding tert-OH is 1. The minimum atomic E-state index is -0.241. The number of aryl methyl sites for hydroxylation is 1. The molecular formula is C16H19ClN2O3. The van der Waals surface area contributed by atoms with Gasteiger partial charge in [0.05, 0.1) is 18.2 Å². The summed E-state index contributed by atoms with van der Waals surface area (Å²) in [6.45, 7) is 4.14. The van der Waals surface area contributed by atoms with Crippen molar-refractivity contribution in [1.29, 1.82) is 0 Å². The fourth-order valence-corrected chi connectivity index (χ4v) is 3.01. The molecule has 5 nitrogen and oxygen atoms in total. The maximum absolute atomic E-state index is 11.7. The number of H-pyrrole nitrogens is 1. The molecule has 2 aromatic heterocycles. The number of nitrogens with zero attached hydrogens (tertiary/aromatic N) is 1. The van der Waals surface area contributed by atoms with Gasteiger partial charge in [-0.2, -0.15) is 0 Å². The third-order valence-electron chi connectivity index (χ3n) is 4.00. The van der Waals surface area contributed by atoms with Gasteiger partial charge in [0.15, 0.2) is 0 Å². The number of halogens is 1. The molecule has 2 N–H and O–H groups in total. The lowest BCUT2D eigenvalue weighted by atomic mass is 10.1. The summed E-state index contributed by atoms with van der Waals surface area (Å²) in [7, 11) is 0. The number of hydrogen-bond acceptors (Lipinski definition) is 4. The number of rotatable bonds is 4. The lowest BCUT2D eigenvalue weighted by Gasteiger charge is -2.12. The van der Waals surface area contributed by atoms with E-state index in [2.05, 4.69) is 9.88 Å². The third kappa shape index (κ3) is 3.11. The molecule has 0 saturated carbocycles. The van der Waals surface area contributed by atoms with Crippen LogP contribution in [0.5, 0.6) is 0 Å². The van der Waals surface area contributed by atoms with Crippen molar-refractivity contribution in [2.24, 2.45) is 0 Å². The largest absolute Gasteiger partial charge is 0.460 e. The molecule has 0 aromatic carbocycles. The molecule has 1 saturated heterocycles. The van der Waals surface area contributed by atoms with Crippen LogP contribution in [-0.2, 0) is 13.0 Å². The molecule has 118 valence electrons. The Bertz CT molecular complexity index is 722. The van der Waals surface area contributed by atoms with Crippen LogP contribution >= 0.6 is 11.6 Å². The monoisotopic (exact) mass is 322 g/mol. The number of aliphatic hydroxyl groups is 1. The maximum Gasteiger partial charge on any atom is 0.252 e. The molecule has 1 unspecified atom stereocenters. The molecule has 3 heterocycles. The molecule has 0 spiro atoms. The van der Waals surface area contributed by atoms with Crippen LogP contribution in [0.2, 0.25) is 5.15 Å². The Labute approximate surface area is 133 Å². The van der Waals surface area contributed by atoms with Gasteiger partial charge in [0.1, 0.15) is 16.7 Å². The van der Waals surface area contributed by atoms with Crippen LogP contribution in [-0.4, -0.2) is 34.2 Å². The highest BCUT2D eigenvalue weighted by atomic mass is 35.5. The predicted octanol–water partition coefficient (Wildman–Crippen LogP) is 2.42. The van der Waals surface area contributed by atoms with E-state index in [0.29, 0.717) is 41.6 Å². The Morgan fingerprint density at radius 1 is 1.50 bits per heavy atom. The van der Waals surface area contributed by atoms with Gasteiger partial charge in [-0.1, -0.05) is 18.5 Å². The van der Waals surface area contributed by atoms with Crippen LogP contribution in [0.15, 0.2) is 27.4 Å². The van der Waals surface area contributed by atoms with Crippen molar-refractivity contribution in [2.45, 2.75) is 32.4 Å². The summed E-state index contributed by atoms with van der Waals surface area (Å²) in [6.07, 6.45) is 1.20. The van der Waals surface area contributed by atoms with Crippen molar-refractivity contribution < 1.29 is 9.52 Å². The van der Waals surface area contributed by atoms with Gasteiger partial charge < -0.3 is 14.5 Å². The van der Waals surface area contributed by atoms with Gasteiger partial charge in [0.2, 0.25) is 0 Å². The first-order valence-corrected chi connectivity index (χ1v) is 7.85. The van der Waals surface area contributed by atoms with Crippen LogP contribution in [0.1, 0.15) is 24.7 Å². The number of furan rings is 1. The average molecular weight is 323 g/mol. The molecule has 1 aliphatic rings. The van der Waals surface area contributed by atoms with Gasteiger partial charge in [0, 0.05) is 18.7 Å². The van der Waals surface area contributed by atoms with Gasteiger partial charge in [-0.25, -0.2) is 0 Å². The fourth-order valence-electron chi connectivity index (χ4n) is 2.78. The quantitative estimate of drug-likeness (QED) is 0.848.